The van der Waals surface area contributed by atoms with Crippen LogP contribution in [0.3, 0.4) is 0 Å². The fraction of sp³-hybridized carbons (Fsp3) is 0.0909. The Morgan fingerprint density at radius 2 is 2.24 bits per heavy atom. The third-order valence-electron chi connectivity index (χ3n) is 2.17. The molecule has 88 valence electrons. The van der Waals surface area contributed by atoms with Crippen LogP contribution in [0, 0.1) is 0 Å². The van der Waals surface area contributed by atoms with Crippen molar-refractivity contribution in [3.63, 3.8) is 0 Å². The van der Waals surface area contributed by atoms with Crippen LogP contribution in [0.2, 0.25) is 10.2 Å². The predicted octanol–water partition coefficient (Wildman–Crippen LogP) is 2.65. The highest BCUT2D eigenvalue weighted by molar-refractivity contribution is 6.33. The Hall–Kier alpha value is -1.52. The lowest BCUT2D eigenvalue weighted by atomic mass is 10.2. The summed E-state index contributed by atoms with van der Waals surface area (Å²) in [6.07, 6.45) is 3.20. The molecule has 1 amide bonds. The minimum Gasteiger partial charge on any atom is -0.356 e. The average molecular weight is 270 g/mol. The number of carbonyl (C=O) groups is 1. The molecule has 0 atom stereocenters. The SMILES string of the molecule is O=C(NCc1ccnc(Cl)c1)c1[nH]ccc1Cl. The van der Waals surface area contributed by atoms with Gasteiger partial charge in [0.05, 0.1) is 5.02 Å². The highest BCUT2D eigenvalue weighted by atomic mass is 35.5. The van der Waals surface area contributed by atoms with E-state index in [2.05, 4.69) is 15.3 Å². The number of rotatable bonds is 3. The minimum absolute atomic E-state index is 0.257. The van der Waals surface area contributed by atoms with Crippen LogP contribution in [-0.2, 0) is 6.54 Å². The van der Waals surface area contributed by atoms with Gasteiger partial charge in [-0.3, -0.25) is 4.79 Å². The maximum Gasteiger partial charge on any atom is 0.269 e. The largest absolute Gasteiger partial charge is 0.356 e. The molecule has 0 aliphatic heterocycles. The normalized spacial score (nSPS) is 10.2. The molecule has 0 fully saturated rings. The molecule has 0 bridgehead atoms. The van der Waals surface area contributed by atoms with Crippen LogP contribution in [0.15, 0.2) is 30.6 Å². The predicted molar refractivity (Wildman–Crippen MR) is 66.2 cm³/mol. The fourth-order valence-electron chi connectivity index (χ4n) is 1.35. The smallest absolute Gasteiger partial charge is 0.269 e. The second kappa shape index (κ2) is 5.21. The third kappa shape index (κ3) is 2.99. The lowest BCUT2D eigenvalue weighted by Crippen LogP contribution is -2.23. The maximum atomic E-state index is 11.7. The Bertz CT molecular complexity index is 539. The maximum absolute atomic E-state index is 11.7. The highest BCUT2D eigenvalue weighted by Crippen LogP contribution is 2.13. The number of pyridine rings is 1. The van der Waals surface area contributed by atoms with Gasteiger partial charge in [0, 0.05) is 18.9 Å². The molecule has 17 heavy (non-hydrogen) atoms. The van der Waals surface area contributed by atoms with Crippen molar-refractivity contribution in [1.29, 1.82) is 0 Å². The first-order valence-electron chi connectivity index (χ1n) is 4.88. The van der Waals surface area contributed by atoms with Gasteiger partial charge >= 0.3 is 0 Å². The van der Waals surface area contributed by atoms with Crippen LogP contribution in [-0.4, -0.2) is 15.9 Å². The number of amides is 1. The summed E-state index contributed by atoms with van der Waals surface area (Å²) in [6, 6.07) is 5.10. The second-order valence-electron chi connectivity index (χ2n) is 3.37. The molecule has 2 rings (SSSR count). The molecule has 0 spiro atoms. The van der Waals surface area contributed by atoms with E-state index in [1.807, 2.05) is 0 Å². The van der Waals surface area contributed by atoms with Gasteiger partial charge in [-0.1, -0.05) is 23.2 Å². The molecular weight excluding hydrogens is 261 g/mol. The monoisotopic (exact) mass is 269 g/mol. The summed E-state index contributed by atoms with van der Waals surface area (Å²) in [6.45, 7) is 0.371. The first kappa shape index (κ1) is 12.0. The van der Waals surface area contributed by atoms with E-state index < -0.39 is 0 Å². The molecule has 6 heteroatoms. The Morgan fingerprint density at radius 3 is 2.88 bits per heavy atom. The van der Waals surface area contributed by atoms with Crippen molar-refractivity contribution in [3.8, 4) is 0 Å². The lowest BCUT2D eigenvalue weighted by molar-refractivity contribution is 0.0946. The average Bonchev–Trinajstić information content (AvgIpc) is 2.72. The summed E-state index contributed by atoms with van der Waals surface area (Å²) in [7, 11) is 0. The van der Waals surface area contributed by atoms with Gasteiger partial charge in [-0.2, -0.15) is 0 Å². The van der Waals surface area contributed by atoms with Crippen molar-refractivity contribution in [2.75, 3.05) is 0 Å². The van der Waals surface area contributed by atoms with Crippen LogP contribution in [0.25, 0.3) is 0 Å². The molecular formula is C11H9Cl2N3O. The van der Waals surface area contributed by atoms with Crippen molar-refractivity contribution < 1.29 is 4.79 Å². The van der Waals surface area contributed by atoms with Gasteiger partial charge in [0.25, 0.3) is 5.91 Å². The Kier molecular flexibility index (Phi) is 3.66. The Labute approximate surface area is 108 Å². The Balaban J connectivity index is 1.99. The van der Waals surface area contributed by atoms with Gasteiger partial charge in [0.1, 0.15) is 10.8 Å². The first-order chi connectivity index (χ1) is 8.16. The van der Waals surface area contributed by atoms with Crippen molar-refractivity contribution in [3.05, 3.63) is 52.0 Å². The van der Waals surface area contributed by atoms with Crippen LogP contribution >= 0.6 is 23.2 Å². The van der Waals surface area contributed by atoms with Gasteiger partial charge in [0.2, 0.25) is 0 Å². The van der Waals surface area contributed by atoms with E-state index in [1.165, 1.54) is 0 Å². The van der Waals surface area contributed by atoms with Gasteiger partial charge in [-0.25, -0.2) is 4.98 Å². The van der Waals surface area contributed by atoms with E-state index in [1.54, 1.807) is 30.6 Å². The number of nitrogens with zero attached hydrogens (tertiary/aromatic N) is 1. The topological polar surface area (TPSA) is 57.8 Å². The van der Waals surface area contributed by atoms with Gasteiger partial charge < -0.3 is 10.3 Å². The van der Waals surface area contributed by atoms with E-state index in [-0.39, 0.29) is 5.91 Å². The Morgan fingerprint density at radius 1 is 1.41 bits per heavy atom. The number of aromatic nitrogens is 2. The molecule has 0 saturated carbocycles. The molecule has 4 nitrogen and oxygen atoms in total. The van der Waals surface area contributed by atoms with Crippen molar-refractivity contribution in [2.24, 2.45) is 0 Å². The molecule has 2 heterocycles. The standard InChI is InChI=1S/C11H9Cl2N3O/c12-8-2-4-15-10(8)11(17)16-6-7-1-3-14-9(13)5-7/h1-5,15H,6H2,(H,16,17). The van der Waals surface area contributed by atoms with Crippen LogP contribution in [0.5, 0.6) is 0 Å². The number of H-pyrrole nitrogens is 1. The minimum atomic E-state index is -0.257. The van der Waals surface area contributed by atoms with E-state index in [0.29, 0.717) is 22.4 Å². The molecule has 0 radical (unpaired) electrons. The highest BCUT2D eigenvalue weighted by Gasteiger charge is 2.10. The van der Waals surface area contributed by atoms with Crippen molar-refractivity contribution in [1.82, 2.24) is 15.3 Å². The van der Waals surface area contributed by atoms with Crippen LogP contribution in [0.1, 0.15) is 16.1 Å². The summed E-state index contributed by atoms with van der Waals surface area (Å²) in [5, 5.41) is 3.52. The van der Waals surface area contributed by atoms with E-state index >= 15 is 0 Å². The van der Waals surface area contributed by atoms with Gasteiger partial charge in [-0.15, -0.1) is 0 Å². The number of hydrogen-bond acceptors (Lipinski definition) is 2. The second-order valence-corrected chi connectivity index (χ2v) is 4.16. The number of halogens is 2. The van der Waals surface area contributed by atoms with E-state index in [4.69, 9.17) is 23.2 Å². The summed E-state index contributed by atoms with van der Waals surface area (Å²) in [4.78, 5) is 18.3. The molecule has 2 aromatic heterocycles. The zero-order valence-corrected chi connectivity index (χ0v) is 10.2. The quantitative estimate of drug-likeness (QED) is 0.842. The number of aromatic amines is 1. The molecule has 0 unspecified atom stereocenters. The summed E-state index contributed by atoms with van der Waals surface area (Å²) >= 11 is 11.6. The van der Waals surface area contributed by atoms with E-state index in [0.717, 1.165) is 5.56 Å². The zero-order chi connectivity index (χ0) is 12.3. The summed E-state index contributed by atoms with van der Waals surface area (Å²) in [5.74, 6) is -0.257. The van der Waals surface area contributed by atoms with Gasteiger partial charge in [-0.05, 0) is 23.8 Å². The zero-order valence-electron chi connectivity index (χ0n) is 8.71. The number of hydrogen-bond donors (Lipinski definition) is 2. The third-order valence-corrected chi connectivity index (χ3v) is 2.69. The first-order valence-corrected chi connectivity index (χ1v) is 5.64. The van der Waals surface area contributed by atoms with Crippen LogP contribution < -0.4 is 5.32 Å². The molecule has 0 aromatic carbocycles. The summed E-state index contributed by atoms with van der Waals surface area (Å²) < 4.78 is 0. The molecule has 0 aliphatic rings. The van der Waals surface area contributed by atoms with Crippen molar-refractivity contribution in [2.45, 2.75) is 6.54 Å². The number of carbonyl (C=O) groups excluding carboxylic acids is 1. The summed E-state index contributed by atoms with van der Waals surface area (Å²) in [5.41, 5.74) is 1.23. The van der Waals surface area contributed by atoms with E-state index in [9.17, 15) is 4.79 Å². The molecule has 2 N–H and O–H groups in total. The molecule has 0 saturated heterocycles. The molecule has 2 aromatic rings. The lowest BCUT2D eigenvalue weighted by Gasteiger charge is -2.04. The fourth-order valence-corrected chi connectivity index (χ4v) is 1.75. The van der Waals surface area contributed by atoms with Gasteiger partial charge in [0.15, 0.2) is 0 Å². The van der Waals surface area contributed by atoms with Crippen molar-refractivity contribution >= 4 is 29.1 Å². The number of nitrogens with one attached hydrogen (secondary N) is 2. The van der Waals surface area contributed by atoms with Crippen LogP contribution in [0.4, 0.5) is 0 Å². The molecule has 0 aliphatic carbocycles.